The summed E-state index contributed by atoms with van der Waals surface area (Å²) in [5.41, 5.74) is 0.859. The monoisotopic (exact) mass is 325 g/mol. The van der Waals surface area contributed by atoms with E-state index >= 15 is 0 Å². The predicted molar refractivity (Wildman–Crippen MR) is 73.4 cm³/mol. The largest absolute Gasteiger partial charge is 0.497 e. The minimum absolute atomic E-state index is 0.178. The lowest BCUT2D eigenvalue weighted by Crippen LogP contribution is -2.04. The summed E-state index contributed by atoms with van der Waals surface area (Å²) in [6.45, 7) is 0. The molecule has 92 valence electrons. The van der Waals surface area contributed by atoms with Crippen LogP contribution in [0.25, 0.3) is 0 Å². The quantitative estimate of drug-likeness (QED) is 0.637. The molecule has 0 aliphatic rings. The van der Waals surface area contributed by atoms with Gasteiger partial charge < -0.3 is 4.74 Å². The molecule has 0 aliphatic heterocycles. The third kappa shape index (κ3) is 2.54. The Labute approximate surface area is 118 Å². The molecule has 0 fully saturated rings. The summed E-state index contributed by atoms with van der Waals surface area (Å²) in [6, 6.07) is 8.58. The van der Waals surface area contributed by atoms with E-state index in [-0.39, 0.29) is 10.9 Å². The van der Waals surface area contributed by atoms with Crippen molar-refractivity contribution in [1.29, 1.82) is 0 Å². The number of ether oxygens (including phenoxy) is 1. The SMILES string of the molecule is COc1cccc(C(=O)c2c(Br)ccnc2Cl)c1. The topological polar surface area (TPSA) is 39.2 Å². The van der Waals surface area contributed by atoms with E-state index in [2.05, 4.69) is 20.9 Å². The van der Waals surface area contributed by atoms with Crippen LogP contribution >= 0.6 is 27.5 Å². The standard InChI is InChI=1S/C13H9BrClNO2/c1-18-9-4-2-3-8(7-9)12(17)11-10(14)5-6-16-13(11)15/h2-7H,1H3. The number of aromatic nitrogens is 1. The summed E-state index contributed by atoms with van der Waals surface area (Å²) < 4.78 is 5.71. The average molecular weight is 327 g/mol. The maximum absolute atomic E-state index is 12.3. The Hall–Kier alpha value is -1.39. The van der Waals surface area contributed by atoms with Gasteiger partial charge in [-0.25, -0.2) is 4.98 Å². The molecule has 0 bridgehead atoms. The lowest BCUT2D eigenvalue weighted by molar-refractivity contribution is 0.103. The number of nitrogens with zero attached hydrogens (tertiary/aromatic N) is 1. The summed E-state index contributed by atoms with van der Waals surface area (Å²) in [5.74, 6) is 0.427. The second-order valence-corrected chi connectivity index (χ2v) is 4.73. The number of benzene rings is 1. The van der Waals surface area contributed by atoms with Crippen molar-refractivity contribution in [3.8, 4) is 5.75 Å². The van der Waals surface area contributed by atoms with Crippen LogP contribution in [0.15, 0.2) is 41.0 Å². The van der Waals surface area contributed by atoms with Gasteiger partial charge in [-0.1, -0.05) is 23.7 Å². The number of hydrogen-bond acceptors (Lipinski definition) is 3. The first-order valence-electron chi connectivity index (χ1n) is 5.12. The molecule has 3 nitrogen and oxygen atoms in total. The van der Waals surface area contributed by atoms with Crippen molar-refractivity contribution in [3.63, 3.8) is 0 Å². The molecule has 5 heteroatoms. The Bertz CT molecular complexity index is 581. The highest BCUT2D eigenvalue weighted by molar-refractivity contribution is 9.10. The lowest BCUT2D eigenvalue weighted by Gasteiger charge is -2.06. The third-order valence-corrected chi connectivity index (χ3v) is 3.36. The molecule has 1 aromatic heterocycles. The number of ketones is 1. The molecule has 0 saturated carbocycles. The normalized spacial score (nSPS) is 10.2. The Kier molecular flexibility index (Phi) is 3.99. The van der Waals surface area contributed by atoms with E-state index in [9.17, 15) is 4.79 Å². The number of rotatable bonds is 3. The zero-order valence-electron chi connectivity index (χ0n) is 9.48. The summed E-state index contributed by atoms with van der Waals surface area (Å²) in [5, 5.41) is 0.178. The first-order valence-corrected chi connectivity index (χ1v) is 6.29. The molecule has 0 radical (unpaired) electrons. The van der Waals surface area contributed by atoms with Crippen LogP contribution in [0.1, 0.15) is 15.9 Å². The van der Waals surface area contributed by atoms with Gasteiger partial charge in [0.05, 0.1) is 12.7 Å². The maximum atomic E-state index is 12.3. The van der Waals surface area contributed by atoms with Crippen LogP contribution < -0.4 is 4.74 Å². The van der Waals surface area contributed by atoms with E-state index < -0.39 is 0 Å². The second-order valence-electron chi connectivity index (χ2n) is 3.52. The molecular weight excluding hydrogens is 318 g/mol. The predicted octanol–water partition coefficient (Wildman–Crippen LogP) is 3.74. The summed E-state index contributed by atoms with van der Waals surface area (Å²) in [6.07, 6.45) is 1.54. The number of carbonyl (C=O) groups is 1. The zero-order valence-corrected chi connectivity index (χ0v) is 11.8. The summed E-state index contributed by atoms with van der Waals surface area (Å²) in [7, 11) is 1.55. The van der Waals surface area contributed by atoms with E-state index in [1.807, 2.05) is 0 Å². The Balaban J connectivity index is 2.48. The molecule has 0 amide bonds. The van der Waals surface area contributed by atoms with Crippen LogP contribution in [-0.2, 0) is 0 Å². The highest BCUT2D eigenvalue weighted by atomic mass is 79.9. The molecule has 0 N–H and O–H groups in total. The van der Waals surface area contributed by atoms with Crippen molar-refractivity contribution in [3.05, 3.63) is 57.3 Å². The van der Waals surface area contributed by atoms with Gasteiger partial charge in [-0.2, -0.15) is 0 Å². The molecule has 1 aromatic carbocycles. The van der Waals surface area contributed by atoms with Crippen LogP contribution in [-0.4, -0.2) is 17.9 Å². The van der Waals surface area contributed by atoms with Crippen LogP contribution in [0, 0.1) is 0 Å². The number of methoxy groups -OCH3 is 1. The molecule has 0 aliphatic carbocycles. The van der Waals surface area contributed by atoms with E-state index in [1.54, 1.807) is 37.4 Å². The van der Waals surface area contributed by atoms with Crippen molar-refractivity contribution in [2.45, 2.75) is 0 Å². The van der Waals surface area contributed by atoms with Crippen molar-refractivity contribution < 1.29 is 9.53 Å². The maximum Gasteiger partial charge on any atom is 0.197 e. The molecule has 1 heterocycles. The van der Waals surface area contributed by atoms with Gasteiger partial charge in [0.15, 0.2) is 5.78 Å². The minimum Gasteiger partial charge on any atom is -0.497 e. The van der Waals surface area contributed by atoms with Crippen molar-refractivity contribution >= 4 is 33.3 Å². The van der Waals surface area contributed by atoms with E-state index in [4.69, 9.17) is 16.3 Å². The van der Waals surface area contributed by atoms with Gasteiger partial charge >= 0.3 is 0 Å². The average Bonchev–Trinajstić information content (AvgIpc) is 2.38. The number of pyridine rings is 1. The summed E-state index contributed by atoms with van der Waals surface area (Å²) in [4.78, 5) is 16.3. The molecule has 0 saturated heterocycles. The minimum atomic E-state index is -0.195. The second kappa shape index (κ2) is 5.50. The molecular formula is C13H9BrClNO2. The highest BCUT2D eigenvalue weighted by Gasteiger charge is 2.17. The zero-order chi connectivity index (χ0) is 13.1. The number of carbonyl (C=O) groups excluding carboxylic acids is 1. The first kappa shape index (κ1) is 13.1. The van der Waals surface area contributed by atoms with Crippen molar-refractivity contribution in [2.24, 2.45) is 0 Å². The van der Waals surface area contributed by atoms with Crippen LogP contribution in [0.5, 0.6) is 5.75 Å². The van der Waals surface area contributed by atoms with Crippen LogP contribution in [0.3, 0.4) is 0 Å². The van der Waals surface area contributed by atoms with Gasteiger partial charge in [0, 0.05) is 16.2 Å². The third-order valence-electron chi connectivity index (χ3n) is 2.41. The van der Waals surface area contributed by atoms with E-state index in [1.165, 1.54) is 6.20 Å². The molecule has 0 atom stereocenters. The lowest BCUT2D eigenvalue weighted by atomic mass is 10.0. The fourth-order valence-corrected chi connectivity index (χ4v) is 2.37. The van der Waals surface area contributed by atoms with Crippen LogP contribution in [0.2, 0.25) is 5.15 Å². The van der Waals surface area contributed by atoms with Gasteiger partial charge in [0.1, 0.15) is 10.9 Å². The van der Waals surface area contributed by atoms with Gasteiger partial charge in [-0.05, 0) is 34.1 Å². The Morgan fingerprint density at radius 3 is 2.83 bits per heavy atom. The smallest absolute Gasteiger partial charge is 0.197 e. The highest BCUT2D eigenvalue weighted by Crippen LogP contribution is 2.26. The Morgan fingerprint density at radius 2 is 2.17 bits per heavy atom. The van der Waals surface area contributed by atoms with Gasteiger partial charge in [-0.3, -0.25) is 4.79 Å². The fourth-order valence-electron chi connectivity index (χ4n) is 1.53. The van der Waals surface area contributed by atoms with Gasteiger partial charge in [0.25, 0.3) is 0 Å². The van der Waals surface area contributed by atoms with Crippen molar-refractivity contribution in [1.82, 2.24) is 4.98 Å². The van der Waals surface area contributed by atoms with Crippen LogP contribution in [0.4, 0.5) is 0 Å². The number of halogens is 2. The summed E-state index contributed by atoms with van der Waals surface area (Å²) >= 11 is 9.26. The first-order chi connectivity index (χ1) is 8.63. The Morgan fingerprint density at radius 1 is 1.39 bits per heavy atom. The van der Waals surface area contributed by atoms with Gasteiger partial charge in [0.2, 0.25) is 0 Å². The molecule has 18 heavy (non-hydrogen) atoms. The molecule has 0 spiro atoms. The molecule has 0 unspecified atom stereocenters. The fraction of sp³-hybridized carbons (Fsp3) is 0.0769. The van der Waals surface area contributed by atoms with E-state index in [0.29, 0.717) is 21.3 Å². The van der Waals surface area contributed by atoms with E-state index in [0.717, 1.165) is 0 Å². The molecule has 2 rings (SSSR count). The van der Waals surface area contributed by atoms with Gasteiger partial charge in [-0.15, -0.1) is 0 Å². The molecule has 2 aromatic rings. The van der Waals surface area contributed by atoms with Crippen molar-refractivity contribution in [2.75, 3.05) is 7.11 Å². The number of hydrogen-bond donors (Lipinski definition) is 0.